The molecule has 2 saturated carbocycles. The van der Waals surface area contributed by atoms with E-state index in [2.05, 4.69) is 93.6 Å². The molecule has 0 bridgehead atoms. The first kappa shape index (κ1) is 26.1. The normalized spacial score (nSPS) is 49.6. The molecule has 0 aliphatic heterocycles. The molecule has 6 heteroatoms. The molecule has 2 fully saturated rings. The molecule has 9 atom stereocenters. The molecule has 0 radical (unpaired) electrons. The molecule has 0 saturated heterocycles. The summed E-state index contributed by atoms with van der Waals surface area (Å²) < 4.78 is 7.73. The zero-order valence-corrected chi connectivity index (χ0v) is 23.3. The van der Waals surface area contributed by atoms with Gasteiger partial charge in [-0.25, -0.2) is 0 Å². The molecule has 4 nitrogen and oxygen atoms in total. The Morgan fingerprint density at radius 3 is 1.69 bits per heavy atom. The number of hydrogen-bond donors (Lipinski definition) is 2. The maximum atomic E-state index is 11.3. The molecule has 2 aliphatic carbocycles. The fraction of sp³-hybridized carbons (Fsp3) is 0.957. The van der Waals surface area contributed by atoms with Gasteiger partial charge in [-0.15, -0.1) is 0 Å². The Morgan fingerprint density at radius 1 is 0.862 bits per heavy atom. The van der Waals surface area contributed by atoms with Crippen LogP contribution in [-0.2, 0) is 9.53 Å². The van der Waals surface area contributed by atoms with Gasteiger partial charge in [0.05, 0.1) is 12.2 Å². The van der Waals surface area contributed by atoms with Gasteiger partial charge in [0, 0.05) is 7.85 Å². The average molecular weight is 633 g/mol. The van der Waals surface area contributed by atoms with Crippen LogP contribution in [0.3, 0.4) is 0 Å². The van der Waals surface area contributed by atoms with Crippen molar-refractivity contribution in [2.45, 2.75) is 87.4 Å². The molecule has 29 heavy (non-hydrogen) atoms. The molecule has 0 aromatic rings. The van der Waals surface area contributed by atoms with Crippen LogP contribution < -0.4 is 5.73 Å². The van der Waals surface area contributed by atoms with E-state index in [1.165, 1.54) is 6.42 Å². The van der Waals surface area contributed by atoms with Crippen LogP contribution in [0.5, 0.6) is 0 Å². The van der Waals surface area contributed by atoms with Crippen molar-refractivity contribution < 1.29 is 14.6 Å². The number of carbonyl (C=O) groups is 1. The Kier molecular flexibility index (Phi) is 9.58. The van der Waals surface area contributed by atoms with Crippen LogP contribution in [0.25, 0.3) is 0 Å². The SMILES string of the molecule is CCC1C(C)C(C)C(OC2C(I)C(C)C(CC(N)C(=O)O)C(C)C2I)C(C)C1C. The Hall–Kier alpha value is 0.850. The van der Waals surface area contributed by atoms with Gasteiger partial charge in [-0.3, -0.25) is 4.79 Å². The van der Waals surface area contributed by atoms with Gasteiger partial charge in [0.1, 0.15) is 6.04 Å². The van der Waals surface area contributed by atoms with Crippen LogP contribution in [0.1, 0.15) is 61.3 Å². The number of hydrogen-bond acceptors (Lipinski definition) is 3. The Labute approximate surface area is 205 Å². The summed E-state index contributed by atoms with van der Waals surface area (Å²) in [4.78, 5) is 11.3. The van der Waals surface area contributed by atoms with E-state index in [1.54, 1.807) is 0 Å². The van der Waals surface area contributed by atoms with Gasteiger partial charge in [-0.05, 0) is 53.8 Å². The Bertz CT molecular complexity index is 530. The lowest BCUT2D eigenvalue weighted by Gasteiger charge is -2.52. The molecular weight excluding hydrogens is 592 g/mol. The molecule has 3 N–H and O–H groups in total. The summed E-state index contributed by atoms with van der Waals surface area (Å²) in [5.74, 6) is 3.44. The number of alkyl halides is 2. The molecule has 0 aromatic heterocycles. The van der Waals surface area contributed by atoms with Gasteiger partial charge in [-0.2, -0.15) is 0 Å². The number of ether oxygens (including phenoxy) is 1. The minimum atomic E-state index is -0.893. The molecule has 0 amide bonds. The summed E-state index contributed by atoms with van der Waals surface area (Å²) >= 11 is 5.13. The molecule has 2 aliphatic rings. The lowest BCUT2D eigenvalue weighted by molar-refractivity contribution is -0.143. The minimum Gasteiger partial charge on any atom is -0.480 e. The van der Waals surface area contributed by atoms with Crippen molar-refractivity contribution >= 4 is 51.2 Å². The highest BCUT2D eigenvalue weighted by Crippen LogP contribution is 2.49. The van der Waals surface area contributed by atoms with Crippen LogP contribution in [0, 0.1) is 47.3 Å². The lowest BCUT2D eigenvalue weighted by Crippen LogP contribution is -2.56. The fourth-order valence-electron chi connectivity index (χ4n) is 6.21. The maximum absolute atomic E-state index is 11.3. The first-order valence-electron chi connectivity index (χ1n) is 11.4. The van der Waals surface area contributed by atoms with Crippen molar-refractivity contribution in [1.82, 2.24) is 0 Å². The van der Waals surface area contributed by atoms with E-state index in [9.17, 15) is 9.90 Å². The Morgan fingerprint density at radius 2 is 1.31 bits per heavy atom. The maximum Gasteiger partial charge on any atom is 0.320 e. The topological polar surface area (TPSA) is 72.5 Å². The number of halogens is 2. The van der Waals surface area contributed by atoms with Crippen molar-refractivity contribution in [3.8, 4) is 0 Å². The van der Waals surface area contributed by atoms with Crippen molar-refractivity contribution in [2.24, 2.45) is 53.1 Å². The summed E-state index contributed by atoms with van der Waals surface area (Å²) in [6.45, 7) is 16.4. The Balaban J connectivity index is 2.18. The summed E-state index contributed by atoms with van der Waals surface area (Å²) in [7, 11) is 0. The van der Waals surface area contributed by atoms with Crippen LogP contribution >= 0.6 is 45.2 Å². The summed E-state index contributed by atoms with van der Waals surface area (Å²) in [5, 5.41) is 9.28. The molecule has 0 aromatic carbocycles. The van der Waals surface area contributed by atoms with Crippen LogP contribution in [0.15, 0.2) is 0 Å². The largest absolute Gasteiger partial charge is 0.480 e. The number of rotatable bonds is 6. The van der Waals surface area contributed by atoms with Gasteiger partial charge in [0.15, 0.2) is 0 Å². The highest BCUT2D eigenvalue weighted by Gasteiger charge is 2.50. The molecule has 0 heterocycles. The van der Waals surface area contributed by atoms with Gasteiger partial charge in [-0.1, -0.05) is 100 Å². The summed E-state index contributed by atoms with van der Waals surface area (Å²) in [5.41, 5.74) is 5.90. The number of nitrogens with two attached hydrogens (primary N) is 1. The van der Waals surface area contributed by atoms with Crippen molar-refractivity contribution in [1.29, 1.82) is 0 Å². The van der Waals surface area contributed by atoms with Gasteiger partial charge < -0.3 is 15.6 Å². The molecule has 9 unspecified atom stereocenters. The lowest BCUT2D eigenvalue weighted by atomic mass is 9.61. The van der Waals surface area contributed by atoms with Gasteiger partial charge >= 0.3 is 5.97 Å². The van der Waals surface area contributed by atoms with E-state index in [0.29, 0.717) is 61.8 Å². The summed E-state index contributed by atoms with van der Waals surface area (Å²) in [6, 6.07) is -0.777. The first-order valence-corrected chi connectivity index (χ1v) is 13.8. The zero-order chi connectivity index (χ0) is 22.2. The van der Waals surface area contributed by atoms with Crippen molar-refractivity contribution in [2.75, 3.05) is 0 Å². The average Bonchev–Trinajstić information content (AvgIpc) is 2.68. The highest BCUT2D eigenvalue weighted by atomic mass is 127. The third-order valence-electron chi connectivity index (χ3n) is 8.66. The third-order valence-corrected chi connectivity index (χ3v) is 12.3. The molecule has 2 rings (SSSR count). The number of aliphatic carboxylic acids is 1. The smallest absolute Gasteiger partial charge is 0.320 e. The van der Waals surface area contributed by atoms with E-state index < -0.39 is 12.0 Å². The zero-order valence-electron chi connectivity index (χ0n) is 19.0. The van der Waals surface area contributed by atoms with E-state index in [-0.39, 0.29) is 6.10 Å². The summed E-state index contributed by atoms with van der Waals surface area (Å²) in [6.07, 6.45) is 2.29. The van der Waals surface area contributed by atoms with Crippen molar-refractivity contribution in [3.05, 3.63) is 0 Å². The second-order valence-corrected chi connectivity index (χ2v) is 12.9. The number of carboxylic acid groups (broad SMARTS) is 1. The monoisotopic (exact) mass is 633 g/mol. The quantitative estimate of drug-likeness (QED) is 0.294. The van der Waals surface area contributed by atoms with Crippen LogP contribution in [0.4, 0.5) is 0 Å². The van der Waals surface area contributed by atoms with Crippen LogP contribution in [0.2, 0.25) is 0 Å². The minimum absolute atomic E-state index is 0.200. The van der Waals surface area contributed by atoms with Gasteiger partial charge in [0.25, 0.3) is 0 Å². The predicted octanol–water partition coefficient (Wildman–Crippen LogP) is 5.64. The second-order valence-electron chi connectivity index (χ2n) is 10.0. The molecular formula is C23H41I2NO3. The van der Waals surface area contributed by atoms with E-state index >= 15 is 0 Å². The predicted molar refractivity (Wildman–Crippen MR) is 137 cm³/mol. The molecule has 0 spiro atoms. The third kappa shape index (κ3) is 5.27. The standard InChI is InChI=1S/C23H41I2NO3/c1-8-16-10(2)12(4)21(13(5)11(16)3)29-22-19(24)14(6)17(15(7)20(22)25)9-18(26)23(27)28/h10-22H,8-9,26H2,1-7H3,(H,27,28). The number of carboxylic acids is 1. The van der Waals surface area contributed by atoms with E-state index in [1.807, 2.05) is 0 Å². The van der Waals surface area contributed by atoms with E-state index in [0.717, 1.165) is 5.92 Å². The van der Waals surface area contributed by atoms with E-state index in [4.69, 9.17) is 10.5 Å². The second kappa shape index (κ2) is 10.6. The van der Waals surface area contributed by atoms with Crippen LogP contribution in [-0.4, -0.2) is 37.2 Å². The van der Waals surface area contributed by atoms with Gasteiger partial charge in [0.2, 0.25) is 0 Å². The van der Waals surface area contributed by atoms with Crippen molar-refractivity contribution in [3.63, 3.8) is 0 Å². The first-order chi connectivity index (χ1) is 13.4. The molecule has 170 valence electrons. The highest BCUT2D eigenvalue weighted by molar-refractivity contribution is 14.1. The fourth-order valence-corrected chi connectivity index (χ4v) is 9.30.